The van der Waals surface area contributed by atoms with Crippen molar-refractivity contribution in [3.63, 3.8) is 0 Å². The van der Waals surface area contributed by atoms with Crippen molar-refractivity contribution in [3.8, 4) is 0 Å². The van der Waals surface area contributed by atoms with Crippen molar-refractivity contribution in [3.05, 3.63) is 34.1 Å². The lowest BCUT2D eigenvalue weighted by molar-refractivity contribution is -0.385. The summed E-state index contributed by atoms with van der Waals surface area (Å²) in [6, 6.07) is 3.61. The Bertz CT molecular complexity index is 660. The van der Waals surface area contributed by atoms with Crippen molar-refractivity contribution in [2.75, 3.05) is 18.5 Å². The van der Waals surface area contributed by atoms with E-state index in [1.165, 1.54) is 12.1 Å². The van der Waals surface area contributed by atoms with Crippen LogP contribution in [-0.2, 0) is 9.53 Å². The molecule has 2 unspecified atom stereocenters. The molecule has 1 aromatic carbocycles. The molecule has 0 saturated carbocycles. The maximum absolute atomic E-state index is 14.3. The predicted octanol–water partition coefficient (Wildman–Crippen LogP) is 2.84. The van der Waals surface area contributed by atoms with Gasteiger partial charge in [-0.1, -0.05) is 0 Å². The van der Waals surface area contributed by atoms with Crippen molar-refractivity contribution in [2.45, 2.75) is 45.4 Å². The maximum atomic E-state index is 14.3. The van der Waals surface area contributed by atoms with Crippen LogP contribution in [-0.4, -0.2) is 36.3 Å². The van der Waals surface area contributed by atoms with Crippen LogP contribution in [0.25, 0.3) is 0 Å². The molecule has 0 spiro atoms. The van der Waals surface area contributed by atoms with Gasteiger partial charge < -0.3 is 15.0 Å². The number of benzene rings is 1. The standard InChI is InChI=1S/C17H24FN3O4/c1-17(2,3)25-16(22)11-7-8-20(15(9-11)19-4)14-6-5-12(21(23)24)10-13(14)18/h5-6,10-11,15,19H,7-9H2,1-4H3. The highest BCUT2D eigenvalue weighted by Gasteiger charge is 2.35. The topological polar surface area (TPSA) is 84.7 Å². The fourth-order valence-electron chi connectivity index (χ4n) is 2.97. The Morgan fingerprint density at radius 3 is 2.64 bits per heavy atom. The number of halogens is 1. The molecule has 25 heavy (non-hydrogen) atoms. The van der Waals surface area contributed by atoms with Gasteiger partial charge >= 0.3 is 5.97 Å². The zero-order valence-electron chi connectivity index (χ0n) is 14.9. The smallest absolute Gasteiger partial charge is 0.309 e. The Morgan fingerprint density at radius 1 is 1.44 bits per heavy atom. The van der Waals surface area contributed by atoms with Crippen LogP contribution < -0.4 is 10.2 Å². The summed E-state index contributed by atoms with van der Waals surface area (Å²) in [5.41, 5.74) is -0.549. The van der Waals surface area contributed by atoms with Crippen molar-refractivity contribution < 1.29 is 18.8 Å². The zero-order valence-corrected chi connectivity index (χ0v) is 14.9. The summed E-state index contributed by atoms with van der Waals surface area (Å²) >= 11 is 0. The van der Waals surface area contributed by atoms with Crippen LogP contribution in [0.5, 0.6) is 0 Å². The highest BCUT2D eigenvalue weighted by atomic mass is 19.1. The van der Waals surface area contributed by atoms with Gasteiger partial charge in [0.2, 0.25) is 0 Å². The first-order valence-electron chi connectivity index (χ1n) is 8.23. The molecule has 0 aliphatic carbocycles. The number of nitro groups is 1. The van der Waals surface area contributed by atoms with E-state index in [0.29, 0.717) is 19.4 Å². The molecule has 0 bridgehead atoms. The van der Waals surface area contributed by atoms with Gasteiger partial charge in [0.05, 0.1) is 28.8 Å². The van der Waals surface area contributed by atoms with E-state index in [9.17, 15) is 19.3 Å². The number of hydrogen-bond acceptors (Lipinski definition) is 6. The second kappa shape index (κ2) is 7.35. The van der Waals surface area contributed by atoms with Gasteiger partial charge in [-0.15, -0.1) is 0 Å². The number of nitrogens with one attached hydrogen (secondary N) is 1. The Balaban J connectivity index is 2.15. The number of ether oxygens (including phenoxy) is 1. The van der Waals surface area contributed by atoms with Gasteiger partial charge in [-0.2, -0.15) is 0 Å². The number of esters is 1. The third-order valence-corrected chi connectivity index (χ3v) is 4.13. The fourth-order valence-corrected chi connectivity index (χ4v) is 2.97. The lowest BCUT2D eigenvalue weighted by Gasteiger charge is -2.40. The van der Waals surface area contributed by atoms with E-state index >= 15 is 0 Å². The van der Waals surface area contributed by atoms with Gasteiger partial charge in [-0.25, -0.2) is 4.39 Å². The molecule has 1 heterocycles. The molecule has 2 atom stereocenters. The molecule has 0 radical (unpaired) electrons. The summed E-state index contributed by atoms with van der Waals surface area (Å²) in [4.78, 5) is 24.2. The number of hydrogen-bond donors (Lipinski definition) is 1. The summed E-state index contributed by atoms with van der Waals surface area (Å²) in [5, 5.41) is 13.8. The minimum absolute atomic E-state index is 0.253. The number of carbonyl (C=O) groups is 1. The lowest BCUT2D eigenvalue weighted by Crippen LogP contribution is -2.51. The van der Waals surface area contributed by atoms with Crippen LogP contribution in [0.1, 0.15) is 33.6 Å². The summed E-state index contributed by atoms with van der Waals surface area (Å²) in [6.45, 7) is 5.91. The average molecular weight is 353 g/mol. The minimum Gasteiger partial charge on any atom is -0.460 e. The number of anilines is 1. The molecule has 7 nitrogen and oxygen atoms in total. The first kappa shape index (κ1) is 19.1. The normalized spacial score (nSPS) is 21.1. The van der Waals surface area contributed by atoms with Gasteiger partial charge in [0.15, 0.2) is 5.82 Å². The molecule has 0 amide bonds. The molecule has 1 aliphatic heterocycles. The SMILES string of the molecule is CNC1CC(C(=O)OC(C)(C)C)CCN1c1ccc([N+](=O)[O-])cc1F. The van der Waals surface area contributed by atoms with E-state index in [2.05, 4.69) is 5.32 Å². The second-order valence-corrected chi connectivity index (χ2v) is 7.15. The highest BCUT2D eigenvalue weighted by Crippen LogP contribution is 2.31. The molecule has 1 saturated heterocycles. The van der Waals surface area contributed by atoms with Crippen molar-refractivity contribution in [1.29, 1.82) is 0 Å². The van der Waals surface area contributed by atoms with Gasteiger partial charge in [0.1, 0.15) is 5.60 Å². The van der Waals surface area contributed by atoms with E-state index in [1.54, 1.807) is 11.9 Å². The Hall–Kier alpha value is -2.22. The first-order chi connectivity index (χ1) is 11.6. The summed E-state index contributed by atoms with van der Waals surface area (Å²) < 4.78 is 19.8. The van der Waals surface area contributed by atoms with Crippen LogP contribution in [0.4, 0.5) is 15.8 Å². The van der Waals surface area contributed by atoms with Crippen LogP contribution in [0.15, 0.2) is 18.2 Å². The van der Waals surface area contributed by atoms with E-state index in [0.717, 1.165) is 6.07 Å². The molecule has 2 rings (SSSR count). The fraction of sp³-hybridized carbons (Fsp3) is 0.588. The van der Waals surface area contributed by atoms with Gasteiger partial charge in [-0.05, 0) is 46.7 Å². The third-order valence-electron chi connectivity index (χ3n) is 4.13. The highest BCUT2D eigenvalue weighted by molar-refractivity contribution is 5.73. The van der Waals surface area contributed by atoms with Crippen LogP contribution in [0.2, 0.25) is 0 Å². The van der Waals surface area contributed by atoms with Crippen molar-refractivity contribution in [2.24, 2.45) is 5.92 Å². The summed E-state index contributed by atoms with van der Waals surface area (Å²) in [6.07, 6.45) is 0.743. The van der Waals surface area contributed by atoms with Crippen molar-refractivity contribution in [1.82, 2.24) is 5.32 Å². The molecule has 8 heteroatoms. The quantitative estimate of drug-likeness (QED) is 0.509. The molecule has 1 aromatic rings. The van der Waals surface area contributed by atoms with E-state index in [-0.39, 0.29) is 29.4 Å². The number of piperidine rings is 1. The van der Waals surface area contributed by atoms with E-state index < -0.39 is 16.3 Å². The van der Waals surface area contributed by atoms with E-state index in [1.807, 2.05) is 20.8 Å². The maximum Gasteiger partial charge on any atom is 0.309 e. The van der Waals surface area contributed by atoms with Crippen LogP contribution >= 0.6 is 0 Å². The summed E-state index contributed by atoms with van der Waals surface area (Å²) in [7, 11) is 1.73. The molecular formula is C17H24FN3O4. The second-order valence-electron chi connectivity index (χ2n) is 7.15. The predicted molar refractivity (Wildman–Crippen MR) is 91.8 cm³/mol. The van der Waals surface area contributed by atoms with E-state index in [4.69, 9.17) is 4.74 Å². The molecule has 138 valence electrons. The molecule has 1 N–H and O–H groups in total. The van der Waals surface area contributed by atoms with Crippen LogP contribution in [0, 0.1) is 21.8 Å². The molecular weight excluding hydrogens is 329 g/mol. The third kappa shape index (κ3) is 4.66. The largest absolute Gasteiger partial charge is 0.460 e. The number of rotatable bonds is 4. The summed E-state index contributed by atoms with van der Waals surface area (Å²) in [5.74, 6) is -1.17. The Morgan fingerprint density at radius 2 is 2.12 bits per heavy atom. The van der Waals surface area contributed by atoms with Gasteiger partial charge in [0.25, 0.3) is 5.69 Å². The minimum atomic E-state index is -0.648. The van der Waals surface area contributed by atoms with Crippen LogP contribution in [0.3, 0.4) is 0 Å². The molecule has 0 aromatic heterocycles. The zero-order chi connectivity index (χ0) is 18.8. The monoisotopic (exact) mass is 353 g/mol. The van der Waals surface area contributed by atoms with Gasteiger partial charge in [-0.3, -0.25) is 14.9 Å². The van der Waals surface area contributed by atoms with Gasteiger partial charge in [0, 0.05) is 12.6 Å². The lowest BCUT2D eigenvalue weighted by atomic mass is 9.93. The number of nitrogens with zero attached hydrogens (tertiary/aromatic N) is 2. The Labute approximate surface area is 146 Å². The first-order valence-corrected chi connectivity index (χ1v) is 8.23. The Kier molecular flexibility index (Phi) is 5.62. The molecule has 1 aliphatic rings. The number of nitro benzene ring substituents is 1. The van der Waals surface area contributed by atoms with Crippen molar-refractivity contribution >= 4 is 17.3 Å². The average Bonchev–Trinajstić information content (AvgIpc) is 2.52. The number of carbonyl (C=O) groups excluding carboxylic acids is 1. The number of non-ortho nitro benzene ring substituents is 1. The molecule has 1 fully saturated rings.